The van der Waals surface area contributed by atoms with Gasteiger partial charge in [0, 0.05) is 32.7 Å². The molecule has 1 saturated heterocycles. The van der Waals surface area contributed by atoms with Gasteiger partial charge in [0.05, 0.1) is 18.8 Å². The first-order valence-electron chi connectivity index (χ1n) is 9.76. The van der Waals surface area contributed by atoms with E-state index in [1.165, 1.54) is 5.56 Å². The number of methoxy groups -OCH3 is 1. The zero-order chi connectivity index (χ0) is 19.9. The number of hydrogen-bond donors (Lipinski definition) is 2. The van der Waals surface area contributed by atoms with Crippen LogP contribution in [0.25, 0.3) is 0 Å². The van der Waals surface area contributed by atoms with Gasteiger partial charge in [-0.05, 0) is 43.2 Å². The summed E-state index contributed by atoms with van der Waals surface area (Å²) in [5, 5.41) is 13.1. The molecule has 1 unspecified atom stereocenters. The molecule has 2 N–H and O–H groups in total. The van der Waals surface area contributed by atoms with Crippen LogP contribution in [0.4, 0.5) is 5.69 Å². The van der Waals surface area contributed by atoms with Gasteiger partial charge >= 0.3 is 0 Å². The molecule has 0 aliphatic carbocycles. The van der Waals surface area contributed by atoms with Crippen LogP contribution >= 0.6 is 0 Å². The first-order valence-corrected chi connectivity index (χ1v) is 9.76. The highest BCUT2D eigenvalue weighted by Gasteiger charge is 2.26. The van der Waals surface area contributed by atoms with Crippen LogP contribution in [0.3, 0.4) is 0 Å². The number of carbonyl (C=O) groups excluding carboxylic acids is 1. The number of hydrogen-bond acceptors (Lipinski definition) is 5. The van der Waals surface area contributed by atoms with Gasteiger partial charge in [0.1, 0.15) is 11.5 Å². The second-order valence-corrected chi connectivity index (χ2v) is 7.08. The standard InChI is InChI=1S/C22H29N3O3/c1-17(22(27)23-12-11-18-7-9-19(28-2)10-8-18)24-13-15-25(16-14-24)20-5-3-4-6-21(20)26/h3-10,17,26H,11-16H2,1-2H3,(H,23,27). The van der Waals surface area contributed by atoms with Gasteiger partial charge < -0.3 is 20.1 Å². The van der Waals surface area contributed by atoms with Crippen LogP contribution < -0.4 is 15.0 Å². The Morgan fingerprint density at radius 2 is 1.79 bits per heavy atom. The minimum absolute atomic E-state index is 0.0597. The lowest BCUT2D eigenvalue weighted by atomic mass is 10.1. The number of carbonyl (C=O) groups is 1. The van der Waals surface area contributed by atoms with Crippen molar-refractivity contribution in [1.29, 1.82) is 0 Å². The van der Waals surface area contributed by atoms with E-state index in [1.54, 1.807) is 13.2 Å². The summed E-state index contributed by atoms with van der Waals surface area (Å²) in [5.74, 6) is 1.20. The van der Waals surface area contributed by atoms with Crippen molar-refractivity contribution in [3.63, 3.8) is 0 Å². The highest BCUT2D eigenvalue weighted by atomic mass is 16.5. The van der Waals surface area contributed by atoms with Gasteiger partial charge in [0.15, 0.2) is 0 Å². The number of phenolic OH excluding ortho intramolecular Hbond substituents is 1. The highest BCUT2D eigenvalue weighted by Crippen LogP contribution is 2.27. The molecule has 6 nitrogen and oxygen atoms in total. The minimum Gasteiger partial charge on any atom is -0.506 e. The van der Waals surface area contributed by atoms with Gasteiger partial charge in [-0.2, -0.15) is 0 Å². The predicted octanol–water partition coefficient (Wildman–Crippen LogP) is 2.27. The third-order valence-corrected chi connectivity index (χ3v) is 5.34. The monoisotopic (exact) mass is 383 g/mol. The molecule has 0 aromatic heterocycles. The number of amides is 1. The minimum atomic E-state index is -0.164. The average Bonchev–Trinajstić information content (AvgIpc) is 2.74. The van der Waals surface area contributed by atoms with Crippen LogP contribution in [0.15, 0.2) is 48.5 Å². The summed E-state index contributed by atoms with van der Waals surface area (Å²) < 4.78 is 5.16. The number of anilines is 1. The molecule has 1 amide bonds. The van der Waals surface area contributed by atoms with E-state index in [-0.39, 0.29) is 11.9 Å². The van der Waals surface area contributed by atoms with Crippen molar-refractivity contribution in [2.24, 2.45) is 0 Å². The Morgan fingerprint density at radius 1 is 1.11 bits per heavy atom. The number of benzene rings is 2. The normalized spacial score (nSPS) is 15.9. The van der Waals surface area contributed by atoms with E-state index in [9.17, 15) is 9.90 Å². The summed E-state index contributed by atoms with van der Waals surface area (Å²) in [6.45, 7) is 5.75. The molecule has 0 saturated carbocycles. The Kier molecular flexibility index (Phi) is 6.76. The van der Waals surface area contributed by atoms with Gasteiger partial charge in [0.25, 0.3) is 0 Å². The molecule has 150 valence electrons. The second-order valence-electron chi connectivity index (χ2n) is 7.08. The average molecular weight is 383 g/mol. The summed E-state index contributed by atoms with van der Waals surface area (Å²) in [5.41, 5.74) is 2.03. The third kappa shape index (κ3) is 4.95. The largest absolute Gasteiger partial charge is 0.506 e. The van der Waals surface area contributed by atoms with Gasteiger partial charge in [-0.25, -0.2) is 0 Å². The fourth-order valence-electron chi connectivity index (χ4n) is 3.52. The molecular weight excluding hydrogens is 354 g/mol. The van der Waals surface area contributed by atoms with Crippen molar-refractivity contribution in [2.75, 3.05) is 44.7 Å². The van der Waals surface area contributed by atoms with E-state index in [4.69, 9.17) is 4.74 Å². The van der Waals surface area contributed by atoms with Crippen molar-refractivity contribution in [1.82, 2.24) is 10.2 Å². The summed E-state index contributed by atoms with van der Waals surface area (Å²) >= 11 is 0. The van der Waals surface area contributed by atoms with Crippen LogP contribution in [0.2, 0.25) is 0 Å². The van der Waals surface area contributed by atoms with Crippen LogP contribution in [0.5, 0.6) is 11.5 Å². The number of rotatable bonds is 7. The van der Waals surface area contributed by atoms with Crippen LogP contribution in [0, 0.1) is 0 Å². The lowest BCUT2D eigenvalue weighted by molar-refractivity contribution is -0.125. The Hall–Kier alpha value is -2.73. The van der Waals surface area contributed by atoms with E-state index < -0.39 is 0 Å². The fraction of sp³-hybridized carbons (Fsp3) is 0.409. The molecule has 1 atom stereocenters. The molecular formula is C22H29N3O3. The number of ether oxygens (including phenoxy) is 1. The molecule has 28 heavy (non-hydrogen) atoms. The molecule has 1 aliphatic rings. The number of para-hydroxylation sites is 2. The number of phenols is 1. The maximum absolute atomic E-state index is 12.5. The summed E-state index contributed by atoms with van der Waals surface area (Å²) in [7, 11) is 1.65. The van der Waals surface area contributed by atoms with E-state index in [0.717, 1.165) is 44.0 Å². The van der Waals surface area contributed by atoms with Crippen molar-refractivity contribution < 1.29 is 14.6 Å². The molecule has 3 rings (SSSR count). The topological polar surface area (TPSA) is 65.0 Å². The molecule has 1 fully saturated rings. The van der Waals surface area contributed by atoms with Crippen LogP contribution in [0.1, 0.15) is 12.5 Å². The SMILES string of the molecule is COc1ccc(CCNC(=O)C(C)N2CCN(c3ccccc3O)CC2)cc1. The van der Waals surface area contributed by atoms with Crippen molar-refractivity contribution in [3.05, 3.63) is 54.1 Å². The maximum atomic E-state index is 12.5. The predicted molar refractivity (Wildman–Crippen MR) is 111 cm³/mol. The number of aromatic hydroxyl groups is 1. The highest BCUT2D eigenvalue weighted by molar-refractivity contribution is 5.81. The lowest BCUT2D eigenvalue weighted by Crippen LogP contribution is -2.54. The molecule has 2 aromatic rings. The second kappa shape index (κ2) is 9.46. The van der Waals surface area contributed by atoms with E-state index in [2.05, 4.69) is 15.1 Å². The van der Waals surface area contributed by atoms with Gasteiger partial charge in [-0.15, -0.1) is 0 Å². The van der Waals surface area contributed by atoms with Gasteiger partial charge in [0.2, 0.25) is 5.91 Å². The van der Waals surface area contributed by atoms with Crippen LogP contribution in [-0.2, 0) is 11.2 Å². The van der Waals surface area contributed by atoms with Crippen molar-refractivity contribution in [2.45, 2.75) is 19.4 Å². The molecule has 0 bridgehead atoms. The maximum Gasteiger partial charge on any atom is 0.237 e. The zero-order valence-electron chi connectivity index (χ0n) is 16.6. The molecule has 1 heterocycles. The summed E-state index contributed by atoms with van der Waals surface area (Å²) in [6.07, 6.45) is 0.795. The van der Waals surface area contributed by atoms with E-state index >= 15 is 0 Å². The Morgan fingerprint density at radius 3 is 2.43 bits per heavy atom. The Balaban J connectivity index is 1.43. The number of nitrogens with one attached hydrogen (secondary N) is 1. The first kappa shape index (κ1) is 20.0. The molecule has 2 aromatic carbocycles. The Labute approximate surface area is 166 Å². The number of piperazine rings is 1. The van der Waals surface area contributed by atoms with E-state index in [0.29, 0.717) is 12.3 Å². The zero-order valence-corrected chi connectivity index (χ0v) is 16.6. The van der Waals surface area contributed by atoms with Crippen LogP contribution in [-0.4, -0.2) is 61.8 Å². The van der Waals surface area contributed by atoms with Crippen molar-refractivity contribution >= 4 is 11.6 Å². The summed E-state index contributed by atoms with van der Waals surface area (Å²) in [6, 6.07) is 15.1. The fourth-order valence-corrected chi connectivity index (χ4v) is 3.52. The molecule has 6 heteroatoms. The van der Waals surface area contributed by atoms with Gasteiger partial charge in [-0.3, -0.25) is 9.69 Å². The first-order chi connectivity index (χ1) is 13.6. The van der Waals surface area contributed by atoms with Gasteiger partial charge in [-0.1, -0.05) is 24.3 Å². The number of nitrogens with zero attached hydrogens (tertiary/aromatic N) is 2. The lowest BCUT2D eigenvalue weighted by Gasteiger charge is -2.38. The summed E-state index contributed by atoms with van der Waals surface area (Å²) in [4.78, 5) is 16.9. The molecule has 0 radical (unpaired) electrons. The Bertz CT molecular complexity index is 771. The van der Waals surface area contributed by atoms with Crippen molar-refractivity contribution in [3.8, 4) is 11.5 Å². The molecule has 1 aliphatic heterocycles. The van der Waals surface area contributed by atoms with E-state index in [1.807, 2.05) is 49.4 Å². The quantitative estimate of drug-likeness (QED) is 0.768. The smallest absolute Gasteiger partial charge is 0.237 e. The molecule has 0 spiro atoms. The third-order valence-electron chi connectivity index (χ3n) is 5.34.